The first kappa shape index (κ1) is 15.9. The minimum atomic E-state index is -2.43. The second kappa shape index (κ2) is 8.86. The standard InChI is InChI=1S/C15H23F2NO/c1-3-10-18-12(2)4-5-13-6-8-14(9-7-13)19-11-15(16)17/h6-9,12,15,18H,3-5,10-11H2,1-2H3. The SMILES string of the molecule is CCCNC(C)CCc1ccc(OCC(F)F)cc1. The lowest BCUT2D eigenvalue weighted by molar-refractivity contribution is 0.0819. The van der Waals surface area contributed by atoms with Crippen molar-refractivity contribution in [1.29, 1.82) is 0 Å². The van der Waals surface area contributed by atoms with Crippen molar-refractivity contribution < 1.29 is 13.5 Å². The zero-order valence-electron chi connectivity index (χ0n) is 11.7. The molecule has 1 aromatic rings. The lowest BCUT2D eigenvalue weighted by Gasteiger charge is -2.13. The van der Waals surface area contributed by atoms with E-state index in [1.54, 1.807) is 12.1 Å². The summed E-state index contributed by atoms with van der Waals surface area (Å²) in [6.45, 7) is 4.83. The lowest BCUT2D eigenvalue weighted by Crippen LogP contribution is -2.27. The second-order valence-electron chi connectivity index (χ2n) is 4.74. The van der Waals surface area contributed by atoms with E-state index in [0.717, 1.165) is 25.8 Å². The first-order valence-electron chi connectivity index (χ1n) is 6.85. The van der Waals surface area contributed by atoms with E-state index in [9.17, 15) is 8.78 Å². The zero-order chi connectivity index (χ0) is 14.1. The topological polar surface area (TPSA) is 21.3 Å². The fourth-order valence-electron chi connectivity index (χ4n) is 1.79. The van der Waals surface area contributed by atoms with Crippen LogP contribution in [-0.2, 0) is 6.42 Å². The minimum absolute atomic E-state index is 0.495. The Balaban J connectivity index is 2.31. The molecule has 19 heavy (non-hydrogen) atoms. The largest absolute Gasteiger partial charge is 0.488 e. The normalized spacial score (nSPS) is 12.7. The number of benzene rings is 1. The number of hydrogen-bond acceptors (Lipinski definition) is 2. The Kier molecular flexibility index (Phi) is 7.41. The van der Waals surface area contributed by atoms with E-state index in [2.05, 4.69) is 19.2 Å². The molecule has 0 aromatic heterocycles. The third kappa shape index (κ3) is 7.11. The van der Waals surface area contributed by atoms with Crippen LogP contribution in [0.2, 0.25) is 0 Å². The smallest absolute Gasteiger partial charge is 0.272 e. The number of ether oxygens (including phenoxy) is 1. The molecule has 1 rings (SSSR count). The quantitative estimate of drug-likeness (QED) is 0.740. The summed E-state index contributed by atoms with van der Waals surface area (Å²) < 4.78 is 28.9. The molecule has 0 spiro atoms. The van der Waals surface area contributed by atoms with E-state index >= 15 is 0 Å². The predicted octanol–water partition coefficient (Wildman–Crippen LogP) is 3.65. The van der Waals surface area contributed by atoms with Gasteiger partial charge in [0.1, 0.15) is 12.4 Å². The summed E-state index contributed by atoms with van der Waals surface area (Å²) in [6, 6.07) is 7.87. The molecule has 0 saturated heterocycles. The molecule has 0 heterocycles. The fourth-order valence-corrected chi connectivity index (χ4v) is 1.79. The molecule has 1 aromatic carbocycles. The van der Waals surface area contributed by atoms with Gasteiger partial charge in [0.15, 0.2) is 0 Å². The van der Waals surface area contributed by atoms with Gasteiger partial charge in [-0.1, -0.05) is 19.1 Å². The number of rotatable bonds is 9. The second-order valence-corrected chi connectivity index (χ2v) is 4.74. The predicted molar refractivity (Wildman–Crippen MR) is 74.0 cm³/mol. The highest BCUT2D eigenvalue weighted by Crippen LogP contribution is 2.14. The van der Waals surface area contributed by atoms with Crippen LogP contribution in [0, 0.1) is 0 Å². The van der Waals surface area contributed by atoms with Gasteiger partial charge in [-0.25, -0.2) is 8.78 Å². The van der Waals surface area contributed by atoms with E-state index in [1.165, 1.54) is 5.56 Å². The van der Waals surface area contributed by atoms with Gasteiger partial charge < -0.3 is 10.1 Å². The van der Waals surface area contributed by atoms with Gasteiger partial charge in [-0.3, -0.25) is 0 Å². The Morgan fingerprint density at radius 2 is 1.89 bits per heavy atom. The van der Waals surface area contributed by atoms with Crippen LogP contribution in [0.25, 0.3) is 0 Å². The Hall–Kier alpha value is -1.16. The van der Waals surface area contributed by atoms with Crippen molar-refractivity contribution in [2.75, 3.05) is 13.2 Å². The number of hydrogen-bond donors (Lipinski definition) is 1. The van der Waals surface area contributed by atoms with Crippen molar-refractivity contribution >= 4 is 0 Å². The summed E-state index contributed by atoms with van der Waals surface area (Å²) in [4.78, 5) is 0. The summed E-state index contributed by atoms with van der Waals surface area (Å²) in [5, 5.41) is 3.44. The lowest BCUT2D eigenvalue weighted by atomic mass is 10.1. The highest BCUT2D eigenvalue weighted by Gasteiger charge is 2.04. The van der Waals surface area contributed by atoms with Crippen LogP contribution < -0.4 is 10.1 Å². The monoisotopic (exact) mass is 271 g/mol. The molecule has 0 amide bonds. The average Bonchev–Trinajstić information content (AvgIpc) is 2.41. The van der Waals surface area contributed by atoms with Crippen LogP contribution in [0.5, 0.6) is 5.75 Å². The molecule has 0 bridgehead atoms. The van der Waals surface area contributed by atoms with Gasteiger partial charge in [-0.2, -0.15) is 0 Å². The molecule has 0 aliphatic carbocycles. The first-order valence-corrected chi connectivity index (χ1v) is 6.85. The summed E-state index contributed by atoms with van der Waals surface area (Å²) in [5.41, 5.74) is 1.20. The Morgan fingerprint density at radius 1 is 1.21 bits per heavy atom. The molecule has 108 valence electrons. The molecule has 0 aliphatic heterocycles. The molecule has 4 heteroatoms. The number of halogens is 2. The van der Waals surface area contributed by atoms with E-state index in [0.29, 0.717) is 11.8 Å². The molecule has 0 saturated carbocycles. The number of nitrogens with one attached hydrogen (secondary N) is 1. The van der Waals surface area contributed by atoms with Gasteiger partial charge >= 0.3 is 0 Å². The molecule has 0 radical (unpaired) electrons. The maximum atomic E-state index is 12.0. The number of alkyl halides is 2. The third-order valence-electron chi connectivity index (χ3n) is 2.91. The van der Waals surface area contributed by atoms with Gasteiger partial charge in [0.2, 0.25) is 0 Å². The van der Waals surface area contributed by atoms with E-state index in [4.69, 9.17) is 4.74 Å². The molecule has 1 unspecified atom stereocenters. The van der Waals surface area contributed by atoms with E-state index < -0.39 is 13.0 Å². The Labute approximate surface area is 114 Å². The molecular formula is C15H23F2NO. The summed E-state index contributed by atoms with van der Waals surface area (Å²) in [6.07, 6.45) is 0.760. The van der Waals surface area contributed by atoms with Gasteiger partial charge in [-0.05, 0) is 50.4 Å². The maximum Gasteiger partial charge on any atom is 0.272 e. The van der Waals surface area contributed by atoms with Crippen molar-refractivity contribution in [1.82, 2.24) is 5.32 Å². The van der Waals surface area contributed by atoms with E-state index in [1.807, 2.05) is 12.1 Å². The highest BCUT2D eigenvalue weighted by molar-refractivity contribution is 5.27. The minimum Gasteiger partial charge on any atom is -0.488 e. The molecule has 1 N–H and O–H groups in total. The average molecular weight is 271 g/mol. The molecule has 0 aliphatic rings. The summed E-state index contributed by atoms with van der Waals surface area (Å²) in [7, 11) is 0. The van der Waals surface area contributed by atoms with Crippen LogP contribution in [0.4, 0.5) is 8.78 Å². The van der Waals surface area contributed by atoms with Gasteiger partial charge in [0.05, 0.1) is 0 Å². The van der Waals surface area contributed by atoms with Crippen LogP contribution >= 0.6 is 0 Å². The van der Waals surface area contributed by atoms with Gasteiger partial charge in [0, 0.05) is 6.04 Å². The summed E-state index contributed by atoms with van der Waals surface area (Å²) >= 11 is 0. The molecule has 1 atom stereocenters. The van der Waals surface area contributed by atoms with E-state index in [-0.39, 0.29) is 0 Å². The molecule has 0 fully saturated rings. The van der Waals surface area contributed by atoms with Crippen molar-refractivity contribution in [2.45, 2.75) is 45.6 Å². The van der Waals surface area contributed by atoms with Gasteiger partial charge in [0.25, 0.3) is 6.43 Å². The Bertz CT molecular complexity index is 341. The zero-order valence-corrected chi connectivity index (χ0v) is 11.7. The number of aryl methyl sites for hydroxylation is 1. The third-order valence-corrected chi connectivity index (χ3v) is 2.91. The van der Waals surface area contributed by atoms with Crippen molar-refractivity contribution in [2.24, 2.45) is 0 Å². The van der Waals surface area contributed by atoms with Gasteiger partial charge in [-0.15, -0.1) is 0 Å². The van der Waals surface area contributed by atoms with Crippen LogP contribution in [-0.4, -0.2) is 25.6 Å². The van der Waals surface area contributed by atoms with Crippen molar-refractivity contribution in [3.8, 4) is 5.75 Å². The molecule has 2 nitrogen and oxygen atoms in total. The Morgan fingerprint density at radius 3 is 2.47 bits per heavy atom. The summed E-state index contributed by atoms with van der Waals surface area (Å²) in [5.74, 6) is 0.501. The van der Waals surface area contributed by atoms with Crippen LogP contribution in [0.3, 0.4) is 0 Å². The highest BCUT2D eigenvalue weighted by atomic mass is 19.3. The van der Waals surface area contributed by atoms with Crippen LogP contribution in [0.15, 0.2) is 24.3 Å². The fraction of sp³-hybridized carbons (Fsp3) is 0.600. The van der Waals surface area contributed by atoms with Crippen LogP contribution in [0.1, 0.15) is 32.3 Å². The van der Waals surface area contributed by atoms with Crippen molar-refractivity contribution in [3.63, 3.8) is 0 Å². The maximum absolute atomic E-state index is 12.0. The first-order chi connectivity index (χ1) is 9.11. The van der Waals surface area contributed by atoms with Crippen molar-refractivity contribution in [3.05, 3.63) is 29.8 Å². The molecular weight excluding hydrogens is 248 g/mol.